The number of aromatic hydroxyl groups is 1. The fraction of sp³-hybridized carbons (Fsp3) is 0. The first-order valence-corrected chi connectivity index (χ1v) is 15.4. The fourth-order valence-corrected chi connectivity index (χ4v) is 6.21. The standard InChI is InChI=1S/C42H31NOS/c44-40-25-13-24-39(42(40)32-18-8-3-9-19-32)43(38-23-11-10-22-36(38)30-14-4-1-5-15-30)35-21-12-20-33(28-35)34-26-27-41(45)37(29-34)31-16-6-2-7-17-31/h1-29,44-45H. The Morgan fingerprint density at radius 2 is 0.933 bits per heavy atom. The Hall–Kier alpha value is -5.51. The topological polar surface area (TPSA) is 23.5 Å². The van der Waals surface area contributed by atoms with Gasteiger partial charge in [0.2, 0.25) is 0 Å². The van der Waals surface area contributed by atoms with Gasteiger partial charge in [0.25, 0.3) is 0 Å². The number of thiol groups is 1. The first kappa shape index (κ1) is 28.3. The molecule has 0 spiro atoms. The van der Waals surface area contributed by atoms with Gasteiger partial charge in [0.15, 0.2) is 0 Å². The number of anilines is 3. The summed E-state index contributed by atoms with van der Waals surface area (Å²) in [6, 6.07) is 60.1. The van der Waals surface area contributed by atoms with Crippen molar-refractivity contribution < 1.29 is 5.11 Å². The number of phenolic OH excluding ortho intramolecular Hbond substituents is 1. The summed E-state index contributed by atoms with van der Waals surface area (Å²) < 4.78 is 0. The molecule has 0 aliphatic heterocycles. The molecule has 3 heteroatoms. The van der Waals surface area contributed by atoms with Gasteiger partial charge < -0.3 is 10.0 Å². The lowest BCUT2D eigenvalue weighted by Gasteiger charge is -2.30. The van der Waals surface area contributed by atoms with E-state index in [9.17, 15) is 5.11 Å². The zero-order valence-corrected chi connectivity index (χ0v) is 25.5. The van der Waals surface area contributed by atoms with E-state index in [1.54, 1.807) is 6.07 Å². The number of hydrogen-bond acceptors (Lipinski definition) is 3. The monoisotopic (exact) mass is 597 g/mol. The number of phenols is 1. The van der Waals surface area contributed by atoms with E-state index in [0.29, 0.717) is 0 Å². The van der Waals surface area contributed by atoms with Crippen molar-refractivity contribution in [3.63, 3.8) is 0 Å². The summed E-state index contributed by atoms with van der Waals surface area (Å²) in [5.74, 6) is 0.230. The Bertz CT molecular complexity index is 2070. The lowest BCUT2D eigenvalue weighted by molar-refractivity contribution is 0.477. The predicted octanol–water partition coefficient (Wildman–Crippen LogP) is 11.8. The van der Waals surface area contributed by atoms with Gasteiger partial charge in [0.1, 0.15) is 5.75 Å². The zero-order valence-electron chi connectivity index (χ0n) is 24.6. The second kappa shape index (κ2) is 12.6. The molecule has 7 aromatic rings. The van der Waals surface area contributed by atoms with Crippen LogP contribution in [0, 0.1) is 0 Å². The first-order valence-electron chi connectivity index (χ1n) is 15.0. The maximum absolute atomic E-state index is 11.3. The van der Waals surface area contributed by atoms with Crippen molar-refractivity contribution >= 4 is 29.7 Å². The van der Waals surface area contributed by atoms with Gasteiger partial charge >= 0.3 is 0 Å². The van der Waals surface area contributed by atoms with E-state index in [1.165, 1.54) is 0 Å². The van der Waals surface area contributed by atoms with Gasteiger partial charge in [-0.2, -0.15) is 0 Å². The maximum atomic E-state index is 11.3. The Balaban J connectivity index is 1.45. The van der Waals surface area contributed by atoms with Gasteiger partial charge in [-0.05, 0) is 75.8 Å². The number of benzene rings is 7. The summed E-state index contributed by atoms with van der Waals surface area (Å²) >= 11 is 4.79. The van der Waals surface area contributed by atoms with Crippen molar-refractivity contribution in [2.75, 3.05) is 4.90 Å². The molecule has 0 fully saturated rings. The molecular weight excluding hydrogens is 567 g/mol. The largest absolute Gasteiger partial charge is 0.507 e. The molecule has 0 aliphatic carbocycles. The minimum Gasteiger partial charge on any atom is -0.507 e. The van der Waals surface area contributed by atoms with E-state index in [1.807, 2.05) is 48.5 Å². The van der Waals surface area contributed by atoms with E-state index in [0.717, 1.165) is 66.5 Å². The Morgan fingerprint density at radius 1 is 0.400 bits per heavy atom. The molecular formula is C42H31NOS. The predicted molar refractivity (Wildman–Crippen MR) is 192 cm³/mol. The van der Waals surface area contributed by atoms with Gasteiger partial charge in [0, 0.05) is 21.7 Å². The lowest BCUT2D eigenvalue weighted by atomic mass is 9.96. The Kier molecular flexibility index (Phi) is 7.92. The van der Waals surface area contributed by atoms with Crippen molar-refractivity contribution in [2.45, 2.75) is 4.90 Å². The molecule has 0 amide bonds. The highest BCUT2D eigenvalue weighted by Crippen LogP contribution is 2.47. The zero-order chi connectivity index (χ0) is 30.6. The van der Waals surface area contributed by atoms with Crippen LogP contribution in [0.2, 0.25) is 0 Å². The average Bonchev–Trinajstić information content (AvgIpc) is 3.10. The van der Waals surface area contributed by atoms with Crippen LogP contribution < -0.4 is 4.90 Å². The number of hydrogen-bond donors (Lipinski definition) is 2. The van der Waals surface area contributed by atoms with Gasteiger partial charge in [0.05, 0.1) is 11.4 Å². The third kappa shape index (κ3) is 5.74. The Labute approximate surface area is 269 Å². The van der Waals surface area contributed by atoms with Gasteiger partial charge in [-0.3, -0.25) is 0 Å². The van der Waals surface area contributed by atoms with Crippen LogP contribution in [0.1, 0.15) is 0 Å². The molecule has 0 saturated carbocycles. The molecule has 0 heterocycles. The van der Waals surface area contributed by atoms with Crippen molar-refractivity contribution in [2.24, 2.45) is 0 Å². The molecule has 0 bridgehead atoms. The highest BCUT2D eigenvalue weighted by atomic mass is 32.1. The number of rotatable bonds is 7. The van der Waals surface area contributed by atoms with E-state index in [-0.39, 0.29) is 5.75 Å². The summed E-state index contributed by atoms with van der Waals surface area (Å²) in [6.07, 6.45) is 0. The molecule has 216 valence electrons. The highest BCUT2D eigenvalue weighted by Gasteiger charge is 2.22. The smallest absolute Gasteiger partial charge is 0.125 e. The molecule has 0 aromatic heterocycles. The molecule has 0 saturated heterocycles. The SMILES string of the molecule is Oc1cccc(N(c2cccc(-c3ccc(S)c(-c4ccccc4)c3)c2)c2ccccc2-c2ccccc2)c1-c1ccccc1. The van der Waals surface area contributed by atoms with Crippen LogP contribution in [0.5, 0.6) is 5.75 Å². The van der Waals surface area contributed by atoms with Crippen molar-refractivity contribution in [3.05, 3.63) is 176 Å². The molecule has 1 N–H and O–H groups in total. The van der Waals surface area contributed by atoms with Gasteiger partial charge in [-0.25, -0.2) is 0 Å². The fourth-order valence-electron chi connectivity index (χ4n) is 5.94. The molecule has 2 nitrogen and oxygen atoms in total. The minimum absolute atomic E-state index is 0.230. The summed E-state index contributed by atoms with van der Waals surface area (Å²) in [6.45, 7) is 0. The number of para-hydroxylation sites is 1. The highest BCUT2D eigenvalue weighted by molar-refractivity contribution is 7.80. The molecule has 7 aromatic carbocycles. The van der Waals surface area contributed by atoms with E-state index < -0.39 is 0 Å². The lowest BCUT2D eigenvalue weighted by Crippen LogP contribution is -2.12. The summed E-state index contributed by atoms with van der Waals surface area (Å²) in [7, 11) is 0. The third-order valence-electron chi connectivity index (χ3n) is 8.07. The second-order valence-corrected chi connectivity index (χ2v) is 11.4. The maximum Gasteiger partial charge on any atom is 0.125 e. The second-order valence-electron chi connectivity index (χ2n) is 10.9. The third-order valence-corrected chi connectivity index (χ3v) is 8.46. The average molecular weight is 598 g/mol. The van der Waals surface area contributed by atoms with Crippen LogP contribution in [0.15, 0.2) is 181 Å². The quantitative estimate of drug-likeness (QED) is 0.179. The van der Waals surface area contributed by atoms with E-state index in [4.69, 9.17) is 12.6 Å². The van der Waals surface area contributed by atoms with Crippen LogP contribution in [0.4, 0.5) is 17.1 Å². The molecule has 7 rings (SSSR count). The van der Waals surface area contributed by atoms with Crippen LogP contribution in [-0.4, -0.2) is 5.11 Å². The van der Waals surface area contributed by atoms with Crippen LogP contribution in [0.3, 0.4) is 0 Å². The van der Waals surface area contributed by atoms with Gasteiger partial charge in [-0.1, -0.05) is 133 Å². The summed E-state index contributed by atoms with van der Waals surface area (Å²) in [4.78, 5) is 3.20. The van der Waals surface area contributed by atoms with Crippen molar-refractivity contribution in [1.29, 1.82) is 0 Å². The van der Waals surface area contributed by atoms with Crippen molar-refractivity contribution in [1.82, 2.24) is 0 Å². The van der Waals surface area contributed by atoms with E-state index in [2.05, 4.69) is 126 Å². The van der Waals surface area contributed by atoms with Crippen LogP contribution in [0.25, 0.3) is 44.5 Å². The van der Waals surface area contributed by atoms with E-state index >= 15 is 0 Å². The number of nitrogens with zero attached hydrogens (tertiary/aromatic N) is 1. The van der Waals surface area contributed by atoms with Crippen LogP contribution in [-0.2, 0) is 0 Å². The molecule has 45 heavy (non-hydrogen) atoms. The molecule has 0 unspecified atom stereocenters. The summed E-state index contributed by atoms with van der Waals surface area (Å²) in [5.41, 5.74) is 11.2. The minimum atomic E-state index is 0.230. The van der Waals surface area contributed by atoms with Gasteiger partial charge in [-0.15, -0.1) is 12.6 Å². The summed E-state index contributed by atoms with van der Waals surface area (Å²) in [5, 5.41) is 11.3. The first-order chi connectivity index (χ1) is 22.2. The normalized spacial score (nSPS) is 10.9. The molecule has 0 radical (unpaired) electrons. The van der Waals surface area contributed by atoms with Crippen molar-refractivity contribution in [3.8, 4) is 50.3 Å². The Morgan fingerprint density at radius 3 is 1.64 bits per heavy atom. The molecule has 0 aliphatic rings. The molecule has 0 atom stereocenters. The van der Waals surface area contributed by atoms with Crippen LogP contribution >= 0.6 is 12.6 Å².